The van der Waals surface area contributed by atoms with Crippen LogP contribution >= 0.6 is 0 Å². The van der Waals surface area contributed by atoms with Gasteiger partial charge in [-0.3, -0.25) is 14.6 Å². The summed E-state index contributed by atoms with van der Waals surface area (Å²) < 4.78 is 0. The van der Waals surface area contributed by atoms with Crippen molar-refractivity contribution < 1.29 is 9.59 Å². The lowest BCUT2D eigenvalue weighted by molar-refractivity contribution is -0.125. The van der Waals surface area contributed by atoms with Crippen molar-refractivity contribution in [3.63, 3.8) is 0 Å². The van der Waals surface area contributed by atoms with Gasteiger partial charge in [-0.05, 0) is 26.0 Å². The summed E-state index contributed by atoms with van der Waals surface area (Å²) in [5.74, 6) is -0.470. The fourth-order valence-corrected chi connectivity index (χ4v) is 1.18. The molecule has 98 valence electrons. The van der Waals surface area contributed by atoms with Gasteiger partial charge >= 0.3 is 0 Å². The van der Waals surface area contributed by atoms with Gasteiger partial charge in [0.2, 0.25) is 5.91 Å². The lowest BCUT2D eigenvalue weighted by atomic mass is 10.1. The second-order valence-electron chi connectivity index (χ2n) is 4.48. The Morgan fingerprint density at radius 1 is 1.33 bits per heavy atom. The SMILES string of the molecule is CC(C)(N)C(=O)NCCNC(=O)c1cccnc1. The quantitative estimate of drug-likeness (QED) is 0.623. The molecule has 1 aromatic heterocycles. The lowest BCUT2D eigenvalue weighted by Gasteiger charge is -2.17. The van der Waals surface area contributed by atoms with Crippen LogP contribution in [0.2, 0.25) is 0 Å². The van der Waals surface area contributed by atoms with E-state index in [1.165, 1.54) is 6.20 Å². The molecule has 0 unspecified atom stereocenters. The zero-order valence-electron chi connectivity index (χ0n) is 10.6. The number of carbonyl (C=O) groups is 2. The molecule has 2 amide bonds. The van der Waals surface area contributed by atoms with E-state index in [1.54, 1.807) is 32.2 Å². The average Bonchev–Trinajstić information content (AvgIpc) is 2.34. The van der Waals surface area contributed by atoms with Crippen LogP contribution in [0.3, 0.4) is 0 Å². The van der Waals surface area contributed by atoms with Crippen molar-refractivity contribution in [1.29, 1.82) is 0 Å². The van der Waals surface area contributed by atoms with E-state index >= 15 is 0 Å². The topological polar surface area (TPSA) is 97.1 Å². The smallest absolute Gasteiger partial charge is 0.252 e. The molecular formula is C12H18N4O2. The van der Waals surface area contributed by atoms with Gasteiger partial charge in [0.25, 0.3) is 5.91 Å². The number of amides is 2. The zero-order chi connectivity index (χ0) is 13.6. The molecule has 0 aliphatic rings. The van der Waals surface area contributed by atoms with Crippen LogP contribution in [0.1, 0.15) is 24.2 Å². The van der Waals surface area contributed by atoms with Crippen LogP contribution < -0.4 is 16.4 Å². The highest BCUT2D eigenvalue weighted by Crippen LogP contribution is 1.95. The second kappa shape index (κ2) is 6.11. The number of hydrogen-bond donors (Lipinski definition) is 3. The third-order valence-corrected chi connectivity index (χ3v) is 2.21. The van der Waals surface area contributed by atoms with E-state index in [-0.39, 0.29) is 11.8 Å². The molecule has 0 spiro atoms. The molecule has 1 rings (SSSR count). The molecule has 0 aromatic carbocycles. The molecule has 0 bridgehead atoms. The minimum atomic E-state index is -0.909. The Balaban J connectivity index is 2.27. The number of rotatable bonds is 5. The fourth-order valence-electron chi connectivity index (χ4n) is 1.18. The molecule has 6 nitrogen and oxygen atoms in total. The van der Waals surface area contributed by atoms with E-state index < -0.39 is 5.54 Å². The Labute approximate surface area is 106 Å². The van der Waals surface area contributed by atoms with Crippen molar-refractivity contribution in [1.82, 2.24) is 15.6 Å². The van der Waals surface area contributed by atoms with Crippen LogP contribution in [0.15, 0.2) is 24.5 Å². The van der Waals surface area contributed by atoms with E-state index in [4.69, 9.17) is 5.73 Å². The lowest BCUT2D eigenvalue weighted by Crippen LogP contribution is -2.50. The summed E-state index contributed by atoms with van der Waals surface area (Å²) in [5.41, 5.74) is 5.18. The number of pyridine rings is 1. The number of nitrogens with one attached hydrogen (secondary N) is 2. The maximum absolute atomic E-state index is 11.6. The number of nitrogens with two attached hydrogens (primary N) is 1. The molecule has 0 saturated heterocycles. The van der Waals surface area contributed by atoms with Crippen LogP contribution in [0.5, 0.6) is 0 Å². The molecule has 6 heteroatoms. The molecule has 0 atom stereocenters. The number of aromatic nitrogens is 1. The van der Waals surface area contributed by atoms with E-state index in [0.29, 0.717) is 18.7 Å². The van der Waals surface area contributed by atoms with Gasteiger partial charge < -0.3 is 16.4 Å². The summed E-state index contributed by atoms with van der Waals surface area (Å²) in [5, 5.41) is 5.31. The van der Waals surface area contributed by atoms with E-state index in [2.05, 4.69) is 15.6 Å². The summed E-state index contributed by atoms with van der Waals surface area (Å²) in [6, 6.07) is 3.36. The van der Waals surface area contributed by atoms with Gasteiger partial charge in [-0.25, -0.2) is 0 Å². The van der Waals surface area contributed by atoms with Crippen LogP contribution in [-0.2, 0) is 4.79 Å². The van der Waals surface area contributed by atoms with Crippen molar-refractivity contribution in [2.45, 2.75) is 19.4 Å². The van der Waals surface area contributed by atoms with Crippen molar-refractivity contribution in [2.24, 2.45) is 5.73 Å². The minimum absolute atomic E-state index is 0.218. The predicted octanol–water partition coefficient (Wildman–Crippen LogP) is -0.335. The Morgan fingerprint density at radius 3 is 2.56 bits per heavy atom. The third-order valence-electron chi connectivity index (χ3n) is 2.21. The Hall–Kier alpha value is -1.95. The van der Waals surface area contributed by atoms with Crippen LogP contribution in [-0.4, -0.2) is 35.4 Å². The van der Waals surface area contributed by atoms with Crippen molar-refractivity contribution in [3.8, 4) is 0 Å². The van der Waals surface area contributed by atoms with Gasteiger partial charge in [0.1, 0.15) is 0 Å². The molecule has 0 aliphatic heterocycles. The molecule has 0 radical (unpaired) electrons. The minimum Gasteiger partial charge on any atom is -0.353 e. The van der Waals surface area contributed by atoms with Gasteiger partial charge in [0, 0.05) is 25.5 Å². The molecular weight excluding hydrogens is 232 g/mol. The summed E-state index contributed by atoms with van der Waals surface area (Å²) in [7, 11) is 0. The summed E-state index contributed by atoms with van der Waals surface area (Å²) >= 11 is 0. The summed E-state index contributed by atoms with van der Waals surface area (Å²) in [6.45, 7) is 3.92. The summed E-state index contributed by atoms with van der Waals surface area (Å²) in [6.07, 6.45) is 3.08. The number of carbonyl (C=O) groups excluding carboxylic acids is 2. The molecule has 1 heterocycles. The monoisotopic (exact) mass is 250 g/mol. The standard InChI is InChI=1S/C12H18N4O2/c1-12(2,13)11(18)16-7-6-15-10(17)9-4-3-5-14-8-9/h3-5,8H,6-7,13H2,1-2H3,(H,15,17)(H,16,18). The van der Waals surface area contributed by atoms with Crippen molar-refractivity contribution >= 4 is 11.8 Å². The van der Waals surface area contributed by atoms with E-state index in [0.717, 1.165) is 0 Å². The predicted molar refractivity (Wildman–Crippen MR) is 67.8 cm³/mol. The number of hydrogen-bond acceptors (Lipinski definition) is 4. The second-order valence-corrected chi connectivity index (χ2v) is 4.48. The van der Waals surface area contributed by atoms with E-state index in [1.807, 2.05) is 0 Å². The largest absolute Gasteiger partial charge is 0.353 e. The maximum Gasteiger partial charge on any atom is 0.252 e. The Bertz CT molecular complexity index is 412. The van der Waals surface area contributed by atoms with Gasteiger partial charge in [-0.2, -0.15) is 0 Å². The van der Waals surface area contributed by atoms with Gasteiger partial charge in [0.05, 0.1) is 11.1 Å². The van der Waals surface area contributed by atoms with Gasteiger partial charge in [-0.1, -0.05) is 0 Å². The third kappa shape index (κ3) is 4.50. The van der Waals surface area contributed by atoms with Crippen LogP contribution in [0.4, 0.5) is 0 Å². The molecule has 0 aliphatic carbocycles. The molecule has 1 aromatic rings. The molecule has 18 heavy (non-hydrogen) atoms. The first-order valence-corrected chi connectivity index (χ1v) is 5.66. The highest BCUT2D eigenvalue weighted by molar-refractivity contribution is 5.93. The van der Waals surface area contributed by atoms with Crippen LogP contribution in [0.25, 0.3) is 0 Å². The van der Waals surface area contributed by atoms with Gasteiger partial charge in [-0.15, -0.1) is 0 Å². The molecule has 4 N–H and O–H groups in total. The highest BCUT2D eigenvalue weighted by Gasteiger charge is 2.20. The molecule has 0 fully saturated rings. The fraction of sp³-hybridized carbons (Fsp3) is 0.417. The first kappa shape index (κ1) is 14.1. The first-order chi connectivity index (χ1) is 8.41. The Morgan fingerprint density at radius 2 is 2.00 bits per heavy atom. The summed E-state index contributed by atoms with van der Waals surface area (Å²) in [4.78, 5) is 26.9. The zero-order valence-corrected chi connectivity index (χ0v) is 10.6. The first-order valence-electron chi connectivity index (χ1n) is 5.66. The van der Waals surface area contributed by atoms with Crippen LogP contribution in [0, 0.1) is 0 Å². The average molecular weight is 250 g/mol. The Kier molecular flexibility index (Phi) is 4.79. The van der Waals surface area contributed by atoms with Gasteiger partial charge in [0.15, 0.2) is 0 Å². The normalized spacial score (nSPS) is 10.8. The van der Waals surface area contributed by atoms with Crippen molar-refractivity contribution in [3.05, 3.63) is 30.1 Å². The van der Waals surface area contributed by atoms with Crippen molar-refractivity contribution in [2.75, 3.05) is 13.1 Å². The number of nitrogens with zero attached hydrogens (tertiary/aromatic N) is 1. The highest BCUT2D eigenvalue weighted by atomic mass is 16.2. The maximum atomic E-state index is 11.6. The molecule has 0 saturated carbocycles. The van der Waals surface area contributed by atoms with E-state index in [9.17, 15) is 9.59 Å².